The van der Waals surface area contributed by atoms with E-state index in [0.29, 0.717) is 5.88 Å². The zero-order valence-corrected chi connectivity index (χ0v) is 11.9. The van der Waals surface area contributed by atoms with Crippen molar-refractivity contribution in [1.82, 2.24) is 19.1 Å². The molecule has 0 radical (unpaired) electrons. The van der Waals surface area contributed by atoms with Crippen LogP contribution in [0.5, 0.6) is 5.75 Å². The van der Waals surface area contributed by atoms with E-state index < -0.39 is 0 Å². The summed E-state index contributed by atoms with van der Waals surface area (Å²) in [6.07, 6.45) is 5.53. The van der Waals surface area contributed by atoms with Gasteiger partial charge in [0.1, 0.15) is 11.6 Å². The van der Waals surface area contributed by atoms with Gasteiger partial charge in [-0.3, -0.25) is 0 Å². The molecule has 0 fully saturated rings. The summed E-state index contributed by atoms with van der Waals surface area (Å²) in [5.74, 6) is 2.06. The summed E-state index contributed by atoms with van der Waals surface area (Å²) >= 11 is 6.00. The summed E-state index contributed by atoms with van der Waals surface area (Å²) < 4.78 is 9.41. The van der Waals surface area contributed by atoms with E-state index in [9.17, 15) is 0 Å². The lowest BCUT2D eigenvalue weighted by atomic mass is 10.3. The highest BCUT2D eigenvalue weighted by Crippen LogP contribution is 2.22. The second-order valence-electron chi connectivity index (χ2n) is 4.47. The topological polar surface area (TPSA) is 44.9 Å². The van der Waals surface area contributed by atoms with Gasteiger partial charge in [0.2, 0.25) is 0 Å². The van der Waals surface area contributed by atoms with Gasteiger partial charge in [0.25, 0.3) is 0 Å². The number of methoxy groups -OCH3 is 1. The zero-order valence-electron chi connectivity index (χ0n) is 11.2. The molecule has 20 heavy (non-hydrogen) atoms. The molecular formula is C14H15ClN4O. The van der Waals surface area contributed by atoms with Crippen LogP contribution in [0, 0.1) is 0 Å². The fourth-order valence-corrected chi connectivity index (χ4v) is 2.48. The smallest absolute Gasteiger partial charge is 0.124 e. The predicted octanol–water partition coefficient (Wildman–Crippen LogP) is 2.68. The Balaban J connectivity index is 1.95. The molecular weight excluding hydrogens is 276 g/mol. The molecule has 0 aliphatic heterocycles. The maximum absolute atomic E-state index is 6.00. The Morgan fingerprint density at radius 2 is 2.20 bits per heavy atom. The minimum absolute atomic E-state index is 0.390. The molecule has 0 saturated carbocycles. The van der Waals surface area contributed by atoms with Crippen LogP contribution >= 0.6 is 11.6 Å². The van der Waals surface area contributed by atoms with Crippen LogP contribution in [0.4, 0.5) is 0 Å². The molecule has 0 N–H and O–H groups in total. The molecule has 0 amide bonds. The first-order chi connectivity index (χ1) is 9.81. The normalized spacial score (nSPS) is 11.1. The number of ether oxygens (including phenoxy) is 1. The van der Waals surface area contributed by atoms with Gasteiger partial charge in [0.15, 0.2) is 0 Å². The minimum Gasteiger partial charge on any atom is -0.497 e. The highest BCUT2D eigenvalue weighted by molar-refractivity contribution is 6.16. The predicted molar refractivity (Wildman–Crippen MR) is 78.1 cm³/mol. The van der Waals surface area contributed by atoms with Crippen LogP contribution in [0.15, 0.2) is 36.9 Å². The number of hydrogen-bond donors (Lipinski definition) is 0. The Bertz CT molecular complexity index is 705. The van der Waals surface area contributed by atoms with Gasteiger partial charge in [-0.25, -0.2) is 9.97 Å². The number of alkyl halides is 1. The van der Waals surface area contributed by atoms with E-state index in [0.717, 1.165) is 35.7 Å². The average molecular weight is 291 g/mol. The van der Waals surface area contributed by atoms with Crippen LogP contribution in [0.2, 0.25) is 0 Å². The van der Waals surface area contributed by atoms with Crippen molar-refractivity contribution in [3.05, 3.63) is 42.7 Å². The molecule has 0 aliphatic carbocycles. The Morgan fingerprint density at radius 3 is 2.90 bits per heavy atom. The van der Waals surface area contributed by atoms with Gasteiger partial charge in [0.05, 0.1) is 30.4 Å². The highest BCUT2D eigenvalue weighted by atomic mass is 35.5. The van der Waals surface area contributed by atoms with E-state index in [1.807, 2.05) is 35.3 Å². The Hall–Kier alpha value is -2.01. The van der Waals surface area contributed by atoms with E-state index in [1.54, 1.807) is 13.3 Å². The van der Waals surface area contributed by atoms with Gasteiger partial charge in [-0.15, -0.1) is 11.6 Å². The number of fused-ring (bicyclic) bond motifs is 1. The van der Waals surface area contributed by atoms with Crippen molar-refractivity contribution in [3.8, 4) is 5.75 Å². The first-order valence-electron chi connectivity index (χ1n) is 6.36. The number of benzene rings is 1. The van der Waals surface area contributed by atoms with Gasteiger partial charge in [-0.05, 0) is 12.1 Å². The van der Waals surface area contributed by atoms with E-state index in [2.05, 4.69) is 14.5 Å². The highest BCUT2D eigenvalue weighted by Gasteiger charge is 2.10. The molecule has 0 unspecified atom stereocenters. The van der Waals surface area contributed by atoms with Crippen molar-refractivity contribution >= 4 is 22.6 Å². The lowest BCUT2D eigenvalue weighted by Gasteiger charge is -2.08. The first-order valence-corrected chi connectivity index (χ1v) is 6.90. The Labute approximate surface area is 121 Å². The number of rotatable bonds is 5. The number of aryl methyl sites for hydroxylation is 2. The SMILES string of the molecule is COc1ccc2c(c1)nc(CCl)n2CCn1ccnc1. The van der Waals surface area contributed by atoms with Crippen molar-refractivity contribution in [2.75, 3.05) is 7.11 Å². The molecule has 2 heterocycles. The molecule has 0 bridgehead atoms. The standard InChI is InChI=1S/C14H15ClN4O/c1-20-11-2-3-13-12(8-11)17-14(9-15)19(13)7-6-18-5-4-16-10-18/h2-5,8,10H,6-7,9H2,1H3. The zero-order chi connectivity index (χ0) is 13.9. The first kappa shape index (κ1) is 13.0. The number of nitrogens with zero attached hydrogens (tertiary/aromatic N) is 4. The van der Waals surface area contributed by atoms with Crippen molar-refractivity contribution < 1.29 is 4.74 Å². The van der Waals surface area contributed by atoms with E-state index in [-0.39, 0.29) is 0 Å². The molecule has 1 aromatic carbocycles. The summed E-state index contributed by atoms with van der Waals surface area (Å²) in [6.45, 7) is 1.64. The van der Waals surface area contributed by atoms with Crippen molar-refractivity contribution in [2.45, 2.75) is 19.0 Å². The minimum atomic E-state index is 0.390. The molecule has 0 saturated heterocycles. The second-order valence-corrected chi connectivity index (χ2v) is 4.74. The molecule has 6 heteroatoms. The Morgan fingerprint density at radius 1 is 1.30 bits per heavy atom. The van der Waals surface area contributed by atoms with Crippen LogP contribution in [0.3, 0.4) is 0 Å². The third kappa shape index (κ3) is 2.36. The van der Waals surface area contributed by atoms with Gasteiger partial charge < -0.3 is 13.9 Å². The molecule has 2 aromatic heterocycles. The number of halogens is 1. The summed E-state index contributed by atoms with van der Waals surface area (Å²) in [5.41, 5.74) is 1.98. The van der Waals surface area contributed by atoms with Crippen LogP contribution in [-0.4, -0.2) is 26.2 Å². The van der Waals surface area contributed by atoms with E-state index in [4.69, 9.17) is 16.3 Å². The van der Waals surface area contributed by atoms with Gasteiger partial charge in [0, 0.05) is 31.5 Å². The van der Waals surface area contributed by atoms with Gasteiger partial charge >= 0.3 is 0 Å². The second kappa shape index (κ2) is 5.54. The third-order valence-electron chi connectivity index (χ3n) is 3.29. The monoisotopic (exact) mass is 290 g/mol. The summed E-state index contributed by atoms with van der Waals surface area (Å²) in [4.78, 5) is 8.61. The molecule has 104 valence electrons. The summed E-state index contributed by atoms with van der Waals surface area (Å²) in [5, 5.41) is 0. The van der Waals surface area contributed by atoms with Crippen LogP contribution in [-0.2, 0) is 19.0 Å². The van der Waals surface area contributed by atoms with Crippen molar-refractivity contribution in [2.24, 2.45) is 0 Å². The maximum Gasteiger partial charge on any atom is 0.124 e. The van der Waals surface area contributed by atoms with E-state index >= 15 is 0 Å². The van der Waals surface area contributed by atoms with Crippen LogP contribution in [0.25, 0.3) is 11.0 Å². The third-order valence-corrected chi connectivity index (χ3v) is 3.53. The fourth-order valence-electron chi connectivity index (χ4n) is 2.27. The Kier molecular flexibility index (Phi) is 3.60. The van der Waals surface area contributed by atoms with Gasteiger partial charge in [-0.2, -0.15) is 0 Å². The molecule has 0 atom stereocenters. The lowest BCUT2D eigenvalue weighted by molar-refractivity contribution is 0.415. The molecule has 0 aliphatic rings. The van der Waals surface area contributed by atoms with Gasteiger partial charge in [-0.1, -0.05) is 0 Å². The molecule has 3 aromatic rings. The maximum atomic E-state index is 6.00. The molecule has 3 rings (SSSR count). The molecule has 0 spiro atoms. The van der Waals surface area contributed by atoms with Crippen LogP contribution in [0.1, 0.15) is 5.82 Å². The molecule has 5 nitrogen and oxygen atoms in total. The fraction of sp³-hybridized carbons (Fsp3) is 0.286. The summed E-state index contributed by atoms with van der Waals surface area (Å²) in [6, 6.07) is 5.89. The average Bonchev–Trinajstić information content (AvgIpc) is 3.11. The number of imidazole rings is 2. The van der Waals surface area contributed by atoms with E-state index in [1.165, 1.54) is 0 Å². The van der Waals surface area contributed by atoms with Crippen LogP contribution < -0.4 is 4.74 Å². The number of aromatic nitrogens is 4. The summed E-state index contributed by atoms with van der Waals surface area (Å²) in [7, 11) is 1.65. The quantitative estimate of drug-likeness (QED) is 0.679. The lowest BCUT2D eigenvalue weighted by Crippen LogP contribution is -2.08. The largest absolute Gasteiger partial charge is 0.497 e. The van der Waals surface area contributed by atoms with Crippen molar-refractivity contribution in [3.63, 3.8) is 0 Å². The van der Waals surface area contributed by atoms with Crippen molar-refractivity contribution in [1.29, 1.82) is 0 Å². The number of hydrogen-bond acceptors (Lipinski definition) is 3.